The van der Waals surface area contributed by atoms with Gasteiger partial charge in [0.2, 0.25) is 5.91 Å². The number of benzene rings is 1. The molecule has 1 aromatic carbocycles. The molecule has 3 rings (SSSR count). The number of fused-ring (bicyclic) bond motifs is 1. The number of hydrogen-bond donors (Lipinski definition) is 4. The van der Waals surface area contributed by atoms with Crippen LogP contribution in [0.15, 0.2) is 18.2 Å². The van der Waals surface area contributed by atoms with E-state index >= 15 is 0 Å². The van der Waals surface area contributed by atoms with Gasteiger partial charge in [0.05, 0.1) is 22.9 Å². The molecule has 0 aliphatic carbocycles. The number of anilines is 1. The van der Waals surface area contributed by atoms with Crippen molar-refractivity contribution < 1.29 is 24.6 Å². The largest absolute Gasteiger partial charge is 0.379 e. The van der Waals surface area contributed by atoms with Gasteiger partial charge in [-0.15, -0.1) is 0 Å². The second-order valence-electron chi connectivity index (χ2n) is 7.38. The molecule has 29 heavy (non-hydrogen) atoms. The average Bonchev–Trinajstić information content (AvgIpc) is 2.93. The van der Waals surface area contributed by atoms with Gasteiger partial charge in [0.15, 0.2) is 0 Å². The van der Waals surface area contributed by atoms with Gasteiger partial charge in [0.25, 0.3) is 11.8 Å². The van der Waals surface area contributed by atoms with Crippen LogP contribution in [0.4, 0.5) is 5.69 Å². The van der Waals surface area contributed by atoms with Crippen molar-refractivity contribution in [2.45, 2.75) is 63.4 Å². The van der Waals surface area contributed by atoms with Crippen molar-refractivity contribution in [2.24, 2.45) is 0 Å². The average molecular weight is 468 g/mol. The molecule has 0 spiro atoms. The molecule has 8 nitrogen and oxygen atoms in total. The van der Waals surface area contributed by atoms with Crippen LogP contribution < -0.4 is 10.6 Å². The summed E-state index contributed by atoms with van der Waals surface area (Å²) >= 11 is 3.38. The number of piperidine rings is 1. The maximum Gasteiger partial charge on any atom is 0.264 e. The van der Waals surface area contributed by atoms with Crippen molar-refractivity contribution in [3.63, 3.8) is 0 Å². The minimum Gasteiger partial charge on any atom is -0.379 e. The molecule has 4 N–H and O–H groups in total. The molecule has 158 valence electrons. The van der Waals surface area contributed by atoms with Crippen LogP contribution in [0.25, 0.3) is 0 Å². The number of halogens is 1. The van der Waals surface area contributed by atoms with Gasteiger partial charge in [-0.3, -0.25) is 24.6 Å². The Morgan fingerprint density at radius 2 is 1.90 bits per heavy atom. The molecule has 3 amide bonds. The first-order chi connectivity index (χ1) is 13.9. The minimum absolute atomic E-state index is 0.156. The summed E-state index contributed by atoms with van der Waals surface area (Å²) in [5.41, 5.74) is 0.680. The highest BCUT2D eigenvalue weighted by molar-refractivity contribution is 9.09. The van der Waals surface area contributed by atoms with Crippen molar-refractivity contribution in [1.82, 2.24) is 10.2 Å². The van der Waals surface area contributed by atoms with E-state index in [1.165, 1.54) is 0 Å². The van der Waals surface area contributed by atoms with E-state index in [4.69, 9.17) is 0 Å². The highest BCUT2D eigenvalue weighted by atomic mass is 79.9. The molecular formula is C20H26BrN3O5. The van der Waals surface area contributed by atoms with E-state index in [-0.39, 0.29) is 23.5 Å². The number of imide groups is 1. The number of nitrogens with one attached hydrogen (secondary N) is 2. The number of aliphatic hydroxyl groups is 2. The van der Waals surface area contributed by atoms with Gasteiger partial charge in [-0.05, 0) is 37.8 Å². The molecule has 9 heteroatoms. The molecule has 2 aliphatic rings. The third-order valence-corrected chi connectivity index (χ3v) is 5.86. The summed E-state index contributed by atoms with van der Waals surface area (Å²) in [6, 6.07) is 4.00. The molecular weight excluding hydrogens is 442 g/mol. The molecule has 0 saturated carbocycles. The van der Waals surface area contributed by atoms with E-state index < -0.39 is 30.3 Å². The Bertz CT molecular complexity index is 787. The minimum atomic E-state index is -1.21. The second kappa shape index (κ2) is 9.80. The molecule has 2 heterocycles. The summed E-state index contributed by atoms with van der Waals surface area (Å²) in [4.78, 5) is 39.2. The van der Waals surface area contributed by atoms with Gasteiger partial charge in [-0.25, -0.2) is 0 Å². The van der Waals surface area contributed by atoms with Crippen molar-refractivity contribution in [2.75, 3.05) is 10.6 Å². The van der Waals surface area contributed by atoms with E-state index in [1.807, 2.05) is 0 Å². The molecule has 3 atom stereocenters. The Balaban J connectivity index is 1.70. The monoisotopic (exact) mass is 467 g/mol. The van der Waals surface area contributed by atoms with Crippen LogP contribution in [-0.2, 0) is 4.79 Å². The Hall–Kier alpha value is -1.81. The summed E-state index contributed by atoms with van der Waals surface area (Å²) in [6.45, 7) is 0. The molecule has 1 fully saturated rings. The second-order valence-corrected chi connectivity index (χ2v) is 8.17. The fourth-order valence-corrected chi connectivity index (χ4v) is 4.20. The predicted octanol–water partition coefficient (Wildman–Crippen LogP) is 1.96. The van der Waals surface area contributed by atoms with Crippen LogP contribution in [0, 0.1) is 0 Å². The molecule has 2 aliphatic heterocycles. The number of carbonyl (C=O) groups is 3. The Morgan fingerprint density at radius 1 is 1.14 bits per heavy atom. The molecule has 1 saturated heterocycles. The summed E-state index contributed by atoms with van der Waals surface area (Å²) in [7, 11) is 0. The first-order valence-corrected chi connectivity index (χ1v) is 11.0. The zero-order valence-corrected chi connectivity index (χ0v) is 17.7. The lowest BCUT2D eigenvalue weighted by Crippen LogP contribution is -2.58. The number of amides is 3. The third kappa shape index (κ3) is 4.85. The number of aliphatic hydroxyl groups excluding tert-OH is 2. The Morgan fingerprint density at radius 3 is 2.62 bits per heavy atom. The Kier molecular flexibility index (Phi) is 7.39. The maximum atomic E-state index is 13.0. The third-order valence-electron chi connectivity index (χ3n) is 5.30. The summed E-state index contributed by atoms with van der Waals surface area (Å²) in [5, 5.41) is 26.1. The zero-order chi connectivity index (χ0) is 21.0. The van der Waals surface area contributed by atoms with Crippen molar-refractivity contribution in [3.05, 3.63) is 29.3 Å². The first-order valence-electron chi connectivity index (χ1n) is 9.93. The highest BCUT2D eigenvalue weighted by Crippen LogP contribution is 2.33. The quantitative estimate of drug-likeness (QED) is 0.263. The standard InChI is InChI=1S/C20H26BrN3O5/c21-11-4-2-1-3-8-15(25)22-13-7-5-6-12-17(13)20(29)24(19(12)28)14-9-10-16(26)23-18(14)27/h5-7,14,16,18,23,26-27H,1-4,8-11H2,(H,22,25). The lowest BCUT2D eigenvalue weighted by Gasteiger charge is -2.36. The van der Waals surface area contributed by atoms with Gasteiger partial charge in [-0.2, -0.15) is 0 Å². The fourth-order valence-electron chi connectivity index (χ4n) is 3.80. The normalized spacial score (nSPS) is 24.0. The lowest BCUT2D eigenvalue weighted by molar-refractivity contribution is -0.116. The maximum absolute atomic E-state index is 13.0. The predicted molar refractivity (Wildman–Crippen MR) is 111 cm³/mol. The van der Waals surface area contributed by atoms with Gasteiger partial charge in [-0.1, -0.05) is 34.8 Å². The summed E-state index contributed by atoms with van der Waals surface area (Å²) < 4.78 is 0. The molecule has 0 bridgehead atoms. The van der Waals surface area contributed by atoms with Crippen LogP contribution in [0.1, 0.15) is 65.7 Å². The Labute approximate surface area is 177 Å². The van der Waals surface area contributed by atoms with E-state index in [9.17, 15) is 24.6 Å². The topological polar surface area (TPSA) is 119 Å². The van der Waals surface area contributed by atoms with Gasteiger partial charge in [0, 0.05) is 11.8 Å². The van der Waals surface area contributed by atoms with Crippen molar-refractivity contribution >= 4 is 39.3 Å². The first kappa shape index (κ1) is 21.9. The summed E-state index contributed by atoms with van der Waals surface area (Å²) in [6.07, 6.45) is 2.70. The number of hydrogen-bond acceptors (Lipinski definition) is 6. The van der Waals surface area contributed by atoms with Crippen molar-refractivity contribution in [1.29, 1.82) is 0 Å². The van der Waals surface area contributed by atoms with E-state index in [2.05, 4.69) is 26.6 Å². The molecule has 0 aromatic heterocycles. The molecule has 1 aromatic rings. The van der Waals surface area contributed by atoms with E-state index in [0.717, 1.165) is 35.9 Å². The van der Waals surface area contributed by atoms with Gasteiger partial charge < -0.3 is 15.5 Å². The van der Waals surface area contributed by atoms with E-state index in [1.54, 1.807) is 18.2 Å². The van der Waals surface area contributed by atoms with Gasteiger partial charge in [0.1, 0.15) is 12.5 Å². The number of nitrogens with zero attached hydrogens (tertiary/aromatic N) is 1. The highest BCUT2D eigenvalue weighted by Gasteiger charge is 2.45. The lowest BCUT2D eigenvalue weighted by atomic mass is 10.0. The number of rotatable bonds is 8. The summed E-state index contributed by atoms with van der Waals surface area (Å²) in [5.74, 6) is -1.24. The SMILES string of the molecule is O=C(CCCCCCBr)Nc1cccc2c1C(=O)N(C1CCC(O)NC1O)C2=O. The number of alkyl halides is 1. The fraction of sp³-hybridized carbons (Fsp3) is 0.550. The number of unbranched alkanes of at least 4 members (excludes halogenated alkanes) is 3. The zero-order valence-electron chi connectivity index (χ0n) is 16.1. The van der Waals surface area contributed by atoms with Crippen LogP contribution in [0.5, 0.6) is 0 Å². The van der Waals surface area contributed by atoms with Crippen LogP contribution >= 0.6 is 15.9 Å². The van der Waals surface area contributed by atoms with Crippen molar-refractivity contribution in [3.8, 4) is 0 Å². The van der Waals surface area contributed by atoms with Crippen LogP contribution in [0.2, 0.25) is 0 Å². The molecule has 3 unspecified atom stereocenters. The smallest absolute Gasteiger partial charge is 0.264 e. The molecule has 0 radical (unpaired) electrons. The van der Waals surface area contributed by atoms with Crippen LogP contribution in [0.3, 0.4) is 0 Å². The van der Waals surface area contributed by atoms with Gasteiger partial charge >= 0.3 is 0 Å². The van der Waals surface area contributed by atoms with Crippen LogP contribution in [-0.4, -0.2) is 56.7 Å². The number of carbonyl (C=O) groups excluding carboxylic acids is 3. The van der Waals surface area contributed by atoms with E-state index in [0.29, 0.717) is 18.5 Å².